The third-order valence-corrected chi connectivity index (χ3v) is 4.34. The van der Waals surface area contributed by atoms with Crippen molar-refractivity contribution >= 4 is 27.5 Å². The predicted octanol–water partition coefficient (Wildman–Crippen LogP) is 3.77. The van der Waals surface area contributed by atoms with Gasteiger partial charge in [0, 0.05) is 18.3 Å². The molecule has 2 N–H and O–H groups in total. The van der Waals surface area contributed by atoms with Crippen molar-refractivity contribution < 1.29 is 14.3 Å². The van der Waals surface area contributed by atoms with E-state index in [4.69, 9.17) is 15.2 Å². The van der Waals surface area contributed by atoms with Crippen LogP contribution in [-0.4, -0.2) is 20.9 Å². The fourth-order valence-corrected chi connectivity index (χ4v) is 3.07. The molecule has 0 aliphatic heterocycles. The lowest BCUT2D eigenvalue weighted by molar-refractivity contribution is 0.0995. The molecule has 128 valence electrons. The number of primary amides is 1. The third-order valence-electron chi connectivity index (χ3n) is 3.45. The summed E-state index contributed by atoms with van der Waals surface area (Å²) in [6.07, 6.45) is 2.93. The van der Waals surface area contributed by atoms with Crippen molar-refractivity contribution in [2.45, 2.75) is 0 Å². The first-order valence-electron chi connectivity index (χ1n) is 7.59. The fourth-order valence-electron chi connectivity index (χ4n) is 2.30. The van der Waals surface area contributed by atoms with Gasteiger partial charge < -0.3 is 15.2 Å². The number of benzene rings is 1. The monoisotopic (exact) mass is 364 g/mol. The minimum atomic E-state index is -0.615. The van der Waals surface area contributed by atoms with Crippen LogP contribution in [0, 0.1) is 0 Å². The number of pyridine rings is 1. The molecular formula is C18H12N4O3S. The Kier molecular flexibility index (Phi) is 4.16. The first-order valence-corrected chi connectivity index (χ1v) is 8.47. The van der Waals surface area contributed by atoms with Gasteiger partial charge in [0.2, 0.25) is 5.88 Å². The molecule has 4 aromatic rings. The third kappa shape index (κ3) is 3.31. The van der Waals surface area contributed by atoms with Crippen LogP contribution < -0.4 is 15.2 Å². The van der Waals surface area contributed by atoms with Crippen molar-refractivity contribution in [1.29, 1.82) is 0 Å². The van der Waals surface area contributed by atoms with E-state index in [0.717, 1.165) is 10.2 Å². The molecule has 3 aromatic heterocycles. The van der Waals surface area contributed by atoms with E-state index in [1.165, 1.54) is 29.9 Å². The Bertz CT molecular complexity index is 1100. The quantitative estimate of drug-likeness (QED) is 0.578. The van der Waals surface area contributed by atoms with E-state index < -0.39 is 5.91 Å². The molecule has 3 heterocycles. The van der Waals surface area contributed by atoms with E-state index in [2.05, 4.69) is 15.0 Å². The average Bonchev–Trinajstić information content (AvgIpc) is 3.12. The van der Waals surface area contributed by atoms with E-state index in [0.29, 0.717) is 23.1 Å². The molecule has 0 aliphatic rings. The Morgan fingerprint density at radius 3 is 2.62 bits per heavy atom. The molecule has 0 bridgehead atoms. The Morgan fingerprint density at radius 1 is 0.962 bits per heavy atom. The SMILES string of the molecule is NC(=O)c1cc(Oc2cccc(Oc3ncnc4ccsc34)c2)ccn1. The van der Waals surface area contributed by atoms with Crippen LogP contribution in [0.2, 0.25) is 0 Å². The number of hydrogen-bond acceptors (Lipinski definition) is 7. The molecule has 0 atom stereocenters. The fraction of sp³-hybridized carbons (Fsp3) is 0. The highest BCUT2D eigenvalue weighted by molar-refractivity contribution is 7.17. The van der Waals surface area contributed by atoms with Gasteiger partial charge in [-0.3, -0.25) is 9.78 Å². The summed E-state index contributed by atoms with van der Waals surface area (Å²) in [4.78, 5) is 23.5. The standard InChI is InChI=1S/C18H12N4O3S/c19-17(23)15-9-13(4-6-20-15)24-11-2-1-3-12(8-11)25-18-16-14(5-7-26-16)21-10-22-18/h1-10H,(H2,19,23). The van der Waals surface area contributed by atoms with Gasteiger partial charge in [-0.05, 0) is 29.6 Å². The van der Waals surface area contributed by atoms with Crippen molar-refractivity contribution in [1.82, 2.24) is 15.0 Å². The summed E-state index contributed by atoms with van der Waals surface area (Å²) in [6.45, 7) is 0. The van der Waals surface area contributed by atoms with Gasteiger partial charge in [-0.25, -0.2) is 9.97 Å². The lowest BCUT2D eigenvalue weighted by Gasteiger charge is -2.09. The lowest BCUT2D eigenvalue weighted by atomic mass is 10.3. The van der Waals surface area contributed by atoms with E-state index in [9.17, 15) is 4.79 Å². The van der Waals surface area contributed by atoms with Crippen LogP contribution in [0.5, 0.6) is 23.1 Å². The summed E-state index contributed by atoms with van der Waals surface area (Å²) in [5.41, 5.74) is 6.21. The maximum Gasteiger partial charge on any atom is 0.267 e. The van der Waals surface area contributed by atoms with Crippen LogP contribution in [0.4, 0.5) is 0 Å². The molecule has 0 saturated heterocycles. The number of ether oxygens (including phenoxy) is 2. The second kappa shape index (κ2) is 6.77. The zero-order chi connectivity index (χ0) is 17.9. The van der Waals surface area contributed by atoms with Crippen molar-refractivity contribution in [3.63, 3.8) is 0 Å². The Hall–Kier alpha value is -3.52. The van der Waals surface area contributed by atoms with Gasteiger partial charge in [0.1, 0.15) is 34.0 Å². The van der Waals surface area contributed by atoms with Gasteiger partial charge >= 0.3 is 0 Å². The number of thiophene rings is 1. The zero-order valence-corrected chi connectivity index (χ0v) is 14.1. The summed E-state index contributed by atoms with van der Waals surface area (Å²) >= 11 is 1.51. The maximum atomic E-state index is 11.2. The lowest BCUT2D eigenvalue weighted by Crippen LogP contribution is -2.12. The number of rotatable bonds is 5. The van der Waals surface area contributed by atoms with E-state index in [1.807, 2.05) is 11.4 Å². The summed E-state index contributed by atoms with van der Waals surface area (Å²) in [5.74, 6) is 1.44. The minimum absolute atomic E-state index is 0.135. The summed E-state index contributed by atoms with van der Waals surface area (Å²) in [7, 11) is 0. The number of carbonyl (C=O) groups excluding carboxylic acids is 1. The normalized spacial score (nSPS) is 10.6. The second-order valence-electron chi connectivity index (χ2n) is 5.23. The van der Waals surface area contributed by atoms with Crippen molar-refractivity contribution in [2.24, 2.45) is 5.73 Å². The number of nitrogens with two attached hydrogens (primary N) is 1. The highest BCUT2D eigenvalue weighted by Crippen LogP contribution is 2.32. The average molecular weight is 364 g/mol. The molecule has 1 amide bonds. The van der Waals surface area contributed by atoms with Crippen molar-refractivity contribution in [2.75, 3.05) is 0 Å². The minimum Gasteiger partial charge on any atom is -0.457 e. The van der Waals surface area contributed by atoms with E-state index in [1.54, 1.807) is 30.3 Å². The number of nitrogens with zero attached hydrogens (tertiary/aromatic N) is 3. The molecule has 0 spiro atoms. The van der Waals surface area contributed by atoms with Crippen molar-refractivity contribution in [3.05, 3.63) is 66.1 Å². The van der Waals surface area contributed by atoms with Crippen LogP contribution in [0.25, 0.3) is 10.2 Å². The number of amides is 1. The molecule has 0 unspecified atom stereocenters. The van der Waals surface area contributed by atoms with Crippen LogP contribution in [0.1, 0.15) is 10.5 Å². The number of hydrogen-bond donors (Lipinski definition) is 1. The van der Waals surface area contributed by atoms with Crippen molar-refractivity contribution in [3.8, 4) is 23.1 Å². The maximum absolute atomic E-state index is 11.2. The van der Waals surface area contributed by atoms with E-state index in [-0.39, 0.29) is 5.69 Å². The molecule has 7 nitrogen and oxygen atoms in total. The molecule has 0 aliphatic carbocycles. The second-order valence-corrected chi connectivity index (χ2v) is 6.15. The molecule has 4 rings (SSSR count). The van der Waals surface area contributed by atoms with Crippen LogP contribution in [-0.2, 0) is 0 Å². The van der Waals surface area contributed by atoms with Crippen LogP contribution >= 0.6 is 11.3 Å². The first kappa shape index (κ1) is 16.0. The van der Waals surface area contributed by atoms with Crippen LogP contribution in [0.3, 0.4) is 0 Å². The Labute approximate surface area is 152 Å². The first-order chi connectivity index (χ1) is 12.7. The summed E-state index contributed by atoms with van der Waals surface area (Å²) in [5, 5.41) is 1.94. The topological polar surface area (TPSA) is 100 Å². The smallest absolute Gasteiger partial charge is 0.267 e. The number of carbonyl (C=O) groups is 1. The Morgan fingerprint density at radius 2 is 1.77 bits per heavy atom. The molecule has 8 heteroatoms. The van der Waals surface area contributed by atoms with Crippen LogP contribution in [0.15, 0.2) is 60.4 Å². The molecular weight excluding hydrogens is 352 g/mol. The van der Waals surface area contributed by atoms with Gasteiger partial charge in [-0.1, -0.05) is 6.07 Å². The number of aromatic nitrogens is 3. The zero-order valence-electron chi connectivity index (χ0n) is 13.3. The predicted molar refractivity (Wildman–Crippen MR) is 96.8 cm³/mol. The Balaban J connectivity index is 1.58. The van der Waals surface area contributed by atoms with Gasteiger partial charge in [0.25, 0.3) is 5.91 Å². The molecule has 0 saturated carbocycles. The summed E-state index contributed by atoms with van der Waals surface area (Å²) in [6, 6.07) is 12.1. The van der Waals surface area contributed by atoms with Gasteiger partial charge in [-0.2, -0.15) is 0 Å². The number of fused-ring (bicyclic) bond motifs is 1. The van der Waals surface area contributed by atoms with Gasteiger partial charge in [0.15, 0.2) is 0 Å². The van der Waals surface area contributed by atoms with E-state index >= 15 is 0 Å². The molecule has 26 heavy (non-hydrogen) atoms. The van der Waals surface area contributed by atoms with Gasteiger partial charge in [0.05, 0.1) is 5.52 Å². The largest absolute Gasteiger partial charge is 0.457 e. The highest BCUT2D eigenvalue weighted by atomic mass is 32.1. The highest BCUT2D eigenvalue weighted by Gasteiger charge is 2.09. The molecule has 1 aromatic carbocycles. The summed E-state index contributed by atoms with van der Waals surface area (Å²) < 4.78 is 12.5. The molecule has 0 fully saturated rings. The van der Waals surface area contributed by atoms with Gasteiger partial charge in [-0.15, -0.1) is 11.3 Å². The molecule has 0 radical (unpaired) electrons.